The van der Waals surface area contributed by atoms with Crippen LogP contribution in [0.2, 0.25) is 0 Å². The monoisotopic (exact) mass is 291 g/mol. The van der Waals surface area contributed by atoms with Gasteiger partial charge in [0.1, 0.15) is 11.6 Å². The van der Waals surface area contributed by atoms with E-state index in [1.54, 1.807) is 5.41 Å². The van der Waals surface area contributed by atoms with Gasteiger partial charge in [-0.2, -0.15) is 0 Å². The Kier molecular flexibility index (Phi) is 4.90. The molecule has 2 aromatic carbocycles. The van der Waals surface area contributed by atoms with Gasteiger partial charge in [-0.25, -0.2) is 8.78 Å². The molecule has 5 heteroatoms. The minimum atomic E-state index is -0.803. The number of carbonyl (C=O) groups is 1. The summed E-state index contributed by atoms with van der Waals surface area (Å²) in [7, 11) is 0. The first-order valence-electron chi connectivity index (χ1n) is 5.79. The first kappa shape index (κ1) is 14.3. The van der Waals surface area contributed by atoms with E-state index in [0.29, 0.717) is 0 Å². The zero-order valence-electron chi connectivity index (χ0n) is 10.3. The Balaban J connectivity index is 1.92. The van der Waals surface area contributed by atoms with Crippen molar-refractivity contribution in [3.8, 4) is 0 Å². The summed E-state index contributed by atoms with van der Waals surface area (Å²) in [6.45, 7) is 0. The summed E-state index contributed by atoms with van der Waals surface area (Å²) in [6, 6.07) is 12.5. The molecule has 0 spiro atoms. The molecular weight excluding hydrogens is 280 g/mol. The van der Waals surface area contributed by atoms with Crippen molar-refractivity contribution in [2.45, 2.75) is 4.90 Å². The summed E-state index contributed by atoms with van der Waals surface area (Å²) in [5.41, 5.74) is -0.0502. The van der Waals surface area contributed by atoms with E-state index in [1.165, 1.54) is 23.9 Å². The summed E-state index contributed by atoms with van der Waals surface area (Å²) in [6.07, 6.45) is 1.29. The van der Waals surface area contributed by atoms with Gasteiger partial charge in [0.15, 0.2) is 0 Å². The van der Waals surface area contributed by atoms with E-state index < -0.39 is 17.5 Å². The number of hydrogen-bond acceptors (Lipinski definition) is 2. The van der Waals surface area contributed by atoms with Crippen LogP contribution < -0.4 is 5.32 Å². The topological polar surface area (TPSA) is 29.1 Å². The van der Waals surface area contributed by atoms with Crippen molar-refractivity contribution in [1.82, 2.24) is 0 Å². The van der Waals surface area contributed by atoms with Crippen LogP contribution in [-0.2, 0) is 4.79 Å². The highest BCUT2D eigenvalue weighted by Gasteiger charge is 2.05. The van der Waals surface area contributed by atoms with Gasteiger partial charge < -0.3 is 5.32 Å². The minimum absolute atomic E-state index is 0.0502. The van der Waals surface area contributed by atoms with Gasteiger partial charge in [0.05, 0.1) is 5.69 Å². The molecule has 2 rings (SSSR count). The highest BCUT2D eigenvalue weighted by molar-refractivity contribution is 8.02. The van der Waals surface area contributed by atoms with Gasteiger partial charge in [0.2, 0.25) is 5.91 Å². The Morgan fingerprint density at radius 2 is 1.85 bits per heavy atom. The summed E-state index contributed by atoms with van der Waals surface area (Å²) < 4.78 is 26.0. The van der Waals surface area contributed by atoms with Gasteiger partial charge in [-0.3, -0.25) is 4.79 Å². The Bertz CT molecular complexity index is 629. The van der Waals surface area contributed by atoms with Gasteiger partial charge in [-0.15, -0.1) is 0 Å². The van der Waals surface area contributed by atoms with Crippen LogP contribution in [0, 0.1) is 11.6 Å². The molecule has 0 saturated heterocycles. The number of benzene rings is 2. The molecule has 0 aliphatic rings. The van der Waals surface area contributed by atoms with Crippen LogP contribution in [0.5, 0.6) is 0 Å². The number of halogens is 2. The van der Waals surface area contributed by atoms with Crippen molar-refractivity contribution < 1.29 is 13.6 Å². The fraction of sp³-hybridized carbons (Fsp3) is 0. The molecule has 0 aliphatic carbocycles. The molecule has 0 bridgehead atoms. The molecule has 0 atom stereocenters. The van der Waals surface area contributed by atoms with E-state index in [-0.39, 0.29) is 5.69 Å². The number of anilines is 1. The normalized spacial score (nSPS) is 10.7. The molecule has 1 N–H and O–H groups in total. The van der Waals surface area contributed by atoms with Crippen LogP contribution >= 0.6 is 11.8 Å². The van der Waals surface area contributed by atoms with Gasteiger partial charge in [-0.1, -0.05) is 30.0 Å². The molecule has 0 radical (unpaired) electrons. The smallest absolute Gasteiger partial charge is 0.248 e. The molecule has 2 aromatic rings. The molecule has 2 nitrogen and oxygen atoms in total. The lowest BCUT2D eigenvalue weighted by Gasteiger charge is -2.03. The Hall–Kier alpha value is -2.14. The second kappa shape index (κ2) is 6.86. The van der Waals surface area contributed by atoms with Crippen molar-refractivity contribution in [2.75, 3.05) is 5.32 Å². The van der Waals surface area contributed by atoms with Crippen LogP contribution in [0.25, 0.3) is 0 Å². The highest BCUT2D eigenvalue weighted by atomic mass is 32.2. The van der Waals surface area contributed by atoms with Crippen LogP contribution in [0.1, 0.15) is 0 Å². The van der Waals surface area contributed by atoms with Gasteiger partial charge in [-0.05, 0) is 29.7 Å². The SMILES string of the molecule is O=C(/C=C/Sc1ccccc1)Nc1ccc(F)cc1F. The van der Waals surface area contributed by atoms with Crippen molar-refractivity contribution in [1.29, 1.82) is 0 Å². The number of amides is 1. The minimum Gasteiger partial charge on any atom is -0.320 e. The number of rotatable bonds is 4. The van der Waals surface area contributed by atoms with Crippen molar-refractivity contribution in [3.05, 3.63) is 71.6 Å². The molecule has 102 valence electrons. The molecular formula is C15H11F2NOS. The number of hydrogen-bond donors (Lipinski definition) is 1. The highest BCUT2D eigenvalue weighted by Crippen LogP contribution is 2.18. The maximum atomic E-state index is 13.3. The van der Waals surface area contributed by atoms with Gasteiger partial charge in [0, 0.05) is 17.0 Å². The van der Waals surface area contributed by atoms with E-state index in [1.807, 2.05) is 30.3 Å². The first-order valence-corrected chi connectivity index (χ1v) is 6.67. The second-order valence-electron chi connectivity index (χ2n) is 3.85. The molecule has 0 fully saturated rings. The van der Waals surface area contributed by atoms with E-state index in [4.69, 9.17) is 0 Å². The lowest BCUT2D eigenvalue weighted by molar-refractivity contribution is -0.111. The van der Waals surface area contributed by atoms with E-state index >= 15 is 0 Å². The standard InChI is InChI=1S/C15H11F2NOS/c16-11-6-7-14(13(17)10-11)18-15(19)8-9-20-12-4-2-1-3-5-12/h1-10H,(H,18,19)/b9-8+. The van der Waals surface area contributed by atoms with Crippen LogP contribution in [-0.4, -0.2) is 5.91 Å². The number of carbonyl (C=O) groups excluding carboxylic acids is 1. The lowest BCUT2D eigenvalue weighted by atomic mass is 10.3. The predicted molar refractivity (Wildman–Crippen MR) is 76.4 cm³/mol. The lowest BCUT2D eigenvalue weighted by Crippen LogP contribution is -2.09. The van der Waals surface area contributed by atoms with Gasteiger partial charge in [0.25, 0.3) is 0 Å². The summed E-state index contributed by atoms with van der Waals surface area (Å²) >= 11 is 1.37. The molecule has 0 aromatic heterocycles. The third-order valence-electron chi connectivity index (χ3n) is 2.36. The largest absolute Gasteiger partial charge is 0.320 e. The maximum absolute atomic E-state index is 13.3. The van der Waals surface area contributed by atoms with Crippen LogP contribution in [0.4, 0.5) is 14.5 Å². The molecule has 0 saturated carbocycles. The molecule has 0 unspecified atom stereocenters. The fourth-order valence-corrected chi connectivity index (χ4v) is 2.10. The fourth-order valence-electron chi connectivity index (χ4n) is 1.44. The number of nitrogens with one attached hydrogen (secondary N) is 1. The Morgan fingerprint density at radius 1 is 1.10 bits per heavy atom. The first-order chi connectivity index (χ1) is 9.65. The van der Waals surface area contributed by atoms with Crippen LogP contribution in [0.15, 0.2) is 64.9 Å². The summed E-state index contributed by atoms with van der Waals surface area (Å²) in [5, 5.41) is 3.95. The third-order valence-corrected chi connectivity index (χ3v) is 3.17. The van der Waals surface area contributed by atoms with E-state index in [9.17, 15) is 13.6 Å². The van der Waals surface area contributed by atoms with Gasteiger partial charge >= 0.3 is 0 Å². The third kappa shape index (κ3) is 4.20. The van der Waals surface area contributed by atoms with Crippen molar-refractivity contribution in [2.24, 2.45) is 0 Å². The summed E-state index contributed by atoms with van der Waals surface area (Å²) in [5.74, 6) is -1.96. The Morgan fingerprint density at radius 3 is 2.55 bits per heavy atom. The average Bonchev–Trinajstić information content (AvgIpc) is 2.43. The summed E-state index contributed by atoms with van der Waals surface area (Å²) in [4.78, 5) is 12.6. The number of thioether (sulfide) groups is 1. The zero-order chi connectivity index (χ0) is 14.4. The predicted octanol–water partition coefficient (Wildman–Crippen LogP) is 4.21. The quantitative estimate of drug-likeness (QED) is 0.675. The Labute approximate surface area is 119 Å². The van der Waals surface area contributed by atoms with E-state index in [0.717, 1.165) is 17.0 Å². The average molecular weight is 291 g/mol. The second-order valence-corrected chi connectivity index (χ2v) is 4.83. The molecule has 0 heterocycles. The molecule has 0 aliphatic heterocycles. The molecule has 1 amide bonds. The van der Waals surface area contributed by atoms with E-state index in [2.05, 4.69) is 5.32 Å². The maximum Gasteiger partial charge on any atom is 0.248 e. The zero-order valence-corrected chi connectivity index (χ0v) is 11.2. The van der Waals surface area contributed by atoms with Crippen molar-refractivity contribution in [3.63, 3.8) is 0 Å². The van der Waals surface area contributed by atoms with Crippen LogP contribution in [0.3, 0.4) is 0 Å². The van der Waals surface area contributed by atoms with Crippen molar-refractivity contribution >= 4 is 23.4 Å². The molecule has 20 heavy (non-hydrogen) atoms.